The molecule has 2 rings (SSSR count). The van der Waals surface area contributed by atoms with Crippen molar-refractivity contribution in [1.82, 2.24) is 5.32 Å². The lowest BCUT2D eigenvalue weighted by Gasteiger charge is -2.20. The van der Waals surface area contributed by atoms with E-state index in [1.165, 1.54) is 16.7 Å². The maximum absolute atomic E-state index is 5.67. The lowest BCUT2D eigenvalue weighted by Crippen LogP contribution is -2.19. The lowest BCUT2D eigenvalue weighted by molar-refractivity contribution is 0.411. The van der Waals surface area contributed by atoms with E-state index in [2.05, 4.69) is 37.4 Å². The van der Waals surface area contributed by atoms with Gasteiger partial charge in [0.05, 0.1) is 13.2 Å². The van der Waals surface area contributed by atoms with Gasteiger partial charge in [0.1, 0.15) is 17.3 Å². The fraction of sp³-hybridized carbons (Fsp3) is 0.412. The molecular formula is C17H23NO2. The lowest BCUT2D eigenvalue weighted by atomic mass is 9.93. The van der Waals surface area contributed by atoms with Gasteiger partial charge >= 0.3 is 0 Å². The van der Waals surface area contributed by atoms with E-state index < -0.39 is 0 Å². The molecule has 3 heteroatoms. The van der Waals surface area contributed by atoms with Crippen molar-refractivity contribution >= 4 is 0 Å². The zero-order chi connectivity index (χ0) is 14.9. The molecule has 0 aliphatic heterocycles. The Morgan fingerprint density at radius 3 is 2.20 bits per heavy atom. The summed E-state index contributed by atoms with van der Waals surface area (Å²) in [6.45, 7) is 8.18. The molecule has 0 saturated carbocycles. The second-order valence-corrected chi connectivity index (χ2v) is 5.27. The van der Waals surface area contributed by atoms with Crippen LogP contribution >= 0.6 is 0 Å². The van der Waals surface area contributed by atoms with Crippen molar-refractivity contribution in [1.29, 1.82) is 0 Å². The summed E-state index contributed by atoms with van der Waals surface area (Å²) in [7, 11) is 3.69. The Kier molecular flexibility index (Phi) is 4.19. The number of nitrogens with one attached hydrogen (secondary N) is 1. The summed E-state index contributed by atoms with van der Waals surface area (Å²) >= 11 is 0. The quantitative estimate of drug-likeness (QED) is 0.919. The maximum atomic E-state index is 5.67. The third kappa shape index (κ3) is 2.59. The normalized spacial score (nSPS) is 12.5. The average Bonchev–Trinajstić information content (AvgIpc) is 2.73. The van der Waals surface area contributed by atoms with E-state index >= 15 is 0 Å². The molecule has 0 saturated heterocycles. The summed E-state index contributed by atoms with van der Waals surface area (Å²) in [5.74, 6) is 2.84. The van der Waals surface area contributed by atoms with Crippen molar-refractivity contribution in [2.75, 3.05) is 14.2 Å². The first kappa shape index (κ1) is 14.7. The Morgan fingerprint density at radius 1 is 1.00 bits per heavy atom. The van der Waals surface area contributed by atoms with Crippen molar-refractivity contribution in [3.63, 3.8) is 0 Å². The number of methoxy groups -OCH3 is 1. The molecular weight excluding hydrogens is 250 g/mol. The van der Waals surface area contributed by atoms with Gasteiger partial charge in [-0.1, -0.05) is 6.07 Å². The summed E-state index contributed by atoms with van der Waals surface area (Å²) in [6.07, 6.45) is 0. The van der Waals surface area contributed by atoms with Gasteiger partial charge in [-0.15, -0.1) is 0 Å². The number of furan rings is 1. The maximum Gasteiger partial charge on any atom is 0.122 e. The van der Waals surface area contributed by atoms with Gasteiger partial charge < -0.3 is 14.5 Å². The van der Waals surface area contributed by atoms with Gasteiger partial charge in [-0.25, -0.2) is 0 Å². The van der Waals surface area contributed by atoms with E-state index in [9.17, 15) is 0 Å². The van der Waals surface area contributed by atoms with Crippen LogP contribution < -0.4 is 10.1 Å². The van der Waals surface area contributed by atoms with Crippen molar-refractivity contribution in [3.8, 4) is 5.75 Å². The predicted molar refractivity (Wildman–Crippen MR) is 81.6 cm³/mol. The van der Waals surface area contributed by atoms with Gasteiger partial charge in [0.2, 0.25) is 0 Å². The predicted octanol–water partition coefficient (Wildman–Crippen LogP) is 3.83. The molecule has 20 heavy (non-hydrogen) atoms. The first-order valence-corrected chi connectivity index (χ1v) is 6.87. The molecule has 0 bridgehead atoms. The molecule has 1 heterocycles. The fourth-order valence-electron chi connectivity index (χ4n) is 2.76. The van der Waals surface area contributed by atoms with Gasteiger partial charge in [-0.05, 0) is 63.6 Å². The Bertz CT molecular complexity index is 614. The molecule has 0 fully saturated rings. The van der Waals surface area contributed by atoms with Crippen LogP contribution in [-0.2, 0) is 0 Å². The molecule has 1 atom stereocenters. The highest BCUT2D eigenvalue weighted by molar-refractivity contribution is 5.46. The molecule has 0 aliphatic rings. The summed E-state index contributed by atoms with van der Waals surface area (Å²) in [6, 6.07) is 6.53. The van der Waals surface area contributed by atoms with E-state index in [-0.39, 0.29) is 6.04 Å². The minimum atomic E-state index is 0.136. The van der Waals surface area contributed by atoms with Gasteiger partial charge in [0, 0.05) is 5.56 Å². The van der Waals surface area contributed by atoms with Gasteiger partial charge in [0.25, 0.3) is 0 Å². The summed E-state index contributed by atoms with van der Waals surface area (Å²) in [4.78, 5) is 0. The zero-order valence-electron chi connectivity index (χ0n) is 13.1. The number of rotatable bonds is 4. The molecule has 1 unspecified atom stereocenters. The largest absolute Gasteiger partial charge is 0.496 e. The van der Waals surface area contributed by atoms with Crippen LogP contribution in [-0.4, -0.2) is 14.2 Å². The van der Waals surface area contributed by atoms with Crippen molar-refractivity contribution in [2.24, 2.45) is 0 Å². The summed E-state index contributed by atoms with van der Waals surface area (Å²) < 4.78 is 11.1. The third-order valence-electron chi connectivity index (χ3n) is 3.77. The van der Waals surface area contributed by atoms with E-state index in [0.29, 0.717) is 0 Å². The molecule has 0 spiro atoms. The molecule has 3 nitrogen and oxygen atoms in total. The van der Waals surface area contributed by atoms with Crippen molar-refractivity contribution in [2.45, 2.75) is 33.7 Å². The molecule has 0 amide bonds. The van der Waals surface area contributed by atoms with E-state index in [0.717, 1.165) is 22.8 Å². The first-order valence-electron chi connectivity index (χ1n) is 6.87. The van der Waals surface area contributed by atoms with E-state index in [1.807, 2.05) is 20.9 Å². The Labute approximate surface area is 121 Å². The van der Waals surface area contributed by atoms with Crippen LogP contribution in [0.3, 0.4) is 0 Å². The topological polar surface area (TPSA) is 34.4 Å². The Morgan fingerprint density at radius 2 is 1.70 bits per heavy atom. The van der Waals surface area contributed by atoms with Crippen molar-refractivity contribution in [3.05, 3.63) is 52.0 Å². The summed E-state index contributed by atoms with van der Waals surface area (Å²) in [5.41, 5.74) is 4.81. The number of hydrogen-bond acceptors (Lipinski definition) is 3. The van der Waals surface area contributed by atoms with Gasteiger partial charge in [0.15, 0.2) is 0 Å². The highest BCUT2D eigenvalue weighted by atomic mass is 16.5. The second-order valence-electron chi connectivity index (χ2n) is 5.27. The number of aryl methyl sites for hydroxylation is 4. The van der Waals surface area contributed by atoms with Crippen LogP contribution in [0.2, 0.25) is 0 Å². The Balaban J connectivity index is 2.52. The van der Waals surface area contributed by atoms with Crippen LogP contribution in [0, 0.1) is 27.7 Å². The molecule has 0 aliphatic carbocycles. The standard InChI is InChI=1S/C17H23NO2/c1-10-8-16(19-6)11(2)7-14(10)17(18-5)15-9-12(3)20-13(15)4/h7-9,17-18H,1-6H3. The SMILES string of the molecule is CNC(c1cc(C)c(OC)cc1C)c1cc(C)oc1C. The van der Waals surface area contributed by atoms with Crippen LogP contribution in [0.1, 0.15) is 39.8 Å². The molecule has 2 aromatic rings. The molecule has 1 N–H and O–H groups in total. The number of benzene rings is 1. The van der Waals surface area contributed by atoms with Crippen LogP contribution in [0.5, 0.6) is 5.75 Å². The third-order valence-corrected chi connectivity index (χ3v) is 3.77. The first-order chi connectivity index (χ1) is 9.47. The van der Waals surface area contributed by atoms with Crippen LogP contribution in [0.15, 0.2) is 22.6 Å². The highest BCUT2D eigenvalue weighted by Crippen LogP contribution is 2.32. The smallest absolute Gasteiger partial charge is 0.122 e. The zero-order valence-corrected chi connectivity index (χ0v) is 13.1. The fourth-order valence-corrected chi connectivity index (χ4v) is 2.76. The molecule has 108 valence electrons. The van der Waals surface area contributed by atoms with E-state index in [1.54, 1.807) is 7.11 Å². The van der Waals surface area contributed by atoms with Crippen LogP contribution in [0.4, 0.5) is 0 Å². The monoisotopic (exact) mass is 273 g/mol. The molecule has 0 radical (unpaired) electrons. The average molecular weight is 273 g/mol. The minimum Gasteiger partial charge on any atom is -0.496 e. The Hall–Kier alpha value is -1.74. The van der Waals surface area contributed by atoms with Crippen LogP contribution in [0.25, 0.3) is 0 Å². The van der Waals surface area contributed by atoms with Gasteiger partial charge in [-0.3, -0.25) is 0 Å². The number of ether oxygens (including phenoxy) is 1. The van der Waals surface area contributed by atoms with Crippen molar-refractivity contribution < 1.29 is 9.15 Å². The second kappa shape index (κ2) is 5.71. The highest BCUT2D eigenvalue weighted by Gasteiger charge is 2.20. The van der Waals surface area contributed by atoms with E-state index in [4.69, 9.17) is 9.15 Å². The molecule has 1 aromatic carbocycles. The number of hydrogen-bond donors (Lipinski definition) is 1. The minimum absolute atomic E-state index is 0.136. The molecule has 1 aromatic heterocycles. The summed E-state index contributed by atoms with van der Waals surface area (Å²) in [5, 5.41) is 3.39. The van der Waals surface area contributed by atoms with Gasteiger partial charge in [-0.2, -0.15) is 0 Å².